The Balaban J connectivity index is 1.79. The van der Waals surface area contributed by atoms with E-state index in [2.05, 4.69) is 15.3 Å². The summed E-state index contributed by atoms with van der Waals surface area (Å²) < 4.78 is 5.37. The molecule has 3 rings (SSSR count). The van der Waals surface area contributed by atoms with Gasteiger partial charge in [-0.2, -0.15) is 0 Å². The van der Waals surface area contributed by atoms with Crippen molar-refractivity contribution in [3.8, 4) is 5.75 Å². The SMILES string of the molecule is COc1ccccc1CNc1cc(C(=O)N(C)c2ccccc2)nc(C)n1. The number of hydrogen-bond acceptors (Lipinski definition) is 5. The number of carbonyl (C=O) groups is 1. The van der Waals surface area contributed by atoms with Crippen LogP contribution >= 0.6 is 0 Å². The molecule has 27 heavy (non-hydrogen) atoms. The zero-order chi connectivity index (χ0) is 19.2. The van der Waals surface area contributed by atoms with Crippen LogP contribution in [0.3, 0.4) is 0 Å². The van der Waals surface area contributed by atoms with E-state index < -0.39 is 0 Å². The highest BCUT2D eigenvalue weighted by atomic mass is 16.5. The van der Waals surface area contributed by atoms with E-state index >= 15 is 0 Å². The zero-order valence-corrected chi connectivity index (χ0v) is 15.6. The number of aromatic nitrogens is 2. The molecular weight excluding hydrogens is 340 g/mol. The van der Waals surface area contributed by atoms with E-state index in [1.165, 1.54) is 0 Å². The van der Waals surface area contributed by atoms with Gasteiger partial charge in [0.1, 0.15) is 23.1 Å². The van der Waals surface area contributed by atoms with Crippen LogP contribution in [-0.4, -0.2) is 30.0 Å². The molecule has 1 aromatic heterocycles. The van der Waals surface area contributed by atoms with Crippen LogP contribution in [0.4, 0.5) is 11.5 Å². The summed E-state index contributed by atoms with van der Waals surface area (Å²) >= 11 is 0. The van der Waals surface area contributed by atoms with Crippen LogP contribution in [0.1, 0.15) is 21.9 Å². The molecule has 6 heteroatoms. The van der Waals surface area contributed by atoms with Crippen LogP contribution in [0.25, 0.3) is 0 Å². The minimum atomic E-state index is -0.188. The first kappa shape index (κ1) is 18.4. The first-order valence-electron chi connectivity index (χ1n) is 8.63. The minimum absolute atomic E-state index is 0.188. The molecule has 0 bridgehead atoms. The van der Waals surface area contributed by atoms with E-state index in [0.29, 0.717) is 23.9 Å². The number of rotatable bonds is 6. The second kappa shape index (κ2) is 8.31. The van der Waals surface area contributed by atoms with E-state index in [0.717, 1.165) is 17.0 Å². The van der Waals surface area contributed by atoms with Crippen molar-refractivity contribution in [2.45, 2.75) is 13.5 Å². The molecule has 0 fully saturated rings. The van der Waals surface area contributed by atoms with Gasteiger partial charge < -0.3 is 15.0 Å². The van der Waals surface area contributed by atoms with Crippen LogP contribution in [0.5, 0.6) is 5.75 Å². The monoisotopic (exact) mass is 362 g/mol. The van der Waals surface area contributed by atoms with Crippen LogP contribution < -0.4 is 15.0 Å². The van der Waals surface area contributed by atoms with E-state index in [1.54, 1.807) is 32.0 Å². The number of nitrogens with zero attached hydrogens (tertiary/aromatic N) is 3. The average molecular weight is 362 g/mol. The molecule has 1 amide bonds. The molecule has 1 N–H and O–H groups in total. The van der Waals surface area contributed by atoms with Gasteiger partial charge in [-0.15, -0.1) is 0 Å². The third-order valence-electron chi connectivity index (χ3n) is 4.16. The molecule has 2 aromatic carbocycles. The van der Waals surface area contributed by atoms with Gasteiger partial charge in [0.15, 0.2) is 0 Å². The third-order valence-corrected chi connectivity index (χ3v) is 4.16. The van der Waals surface area contributed by atoms with Gasteiger partial charge in [-0.1, -0.05) is 36.4 Å². The number of methoxy groups -OCH3 is 1. The van der Waals surface area contributed by atoms with Crippen molar-refractivity contribution in [3.63, 3.8) is 0 Å². The quantitative estimate of drug-likeness (QED) is 0.724. The number of nitrogens with one attached hydrogen (secondary N) is 1. The van der Waals surface area contributed by atoms with Crippen molar-refractivity contribution in [2.75, 3.05) is 24.4 Å². The van der Waals surface area contributed by atoms with E-state index in [9.17, 15) is 4.79 Å². The highest BCUT2D eigenvalue weighted by Gasteiger charge is 2.16. The number of anilines is 2. The molecule has 0 saturated heterocycles. The Labute approximate surface area is 158 Å². The summed E-state index contributed by atoms with van der Waals surface area (Å²) in [5.41, 5.74) is 2.16. The van der Waals surface area contributed by atoms with Gasteiger partial charge in [-0.05, 0) is 25.1 Å². The largest absolute Gasteiger partial charge is 0.496 e. The van der Waals surface area contributed by atoms with Gasteiger partial charge >= 0.3 is 0 Å². The fraction of sp³-hybridized carbons (Fsp3) is 0.190. The summed E-state index contributed by atoms with van der Waals surface area (Å²) in [6, 6.07) is 18.9. The molecule has 6 nitrogen and oxygen atoms in total. The lowest BCUT2D eigenvalue weighted by molar-refractivity contribution is 0.0988. The molecule has 0 saturated carbocycles. The maximum atomic E-state index is 12.8. The van der Waals surface area contributed by atoms with E-state index in [-0.39, 0.29) is 5.91 Å². The Bertz CT molecular complexity index is 928. The van der Waals surface area contributed by atoms with Gasteiger partial charge in [-0.25, -0.2) is 9.97 Å². The predicted octanol–water partition coefficient (Wildman–Crippen LogP) is 3.68. The van der Waals surface area contributed by atoms with Crippen LogP contribution in [0.2, 0.25) is 0 Å². The fourth-order valence-corrected chi connectivity index (χ4v) is 2.74. The summed E-state index contributed by atoms with van der Waals surface area (Å²) in [6.45, 7) is 2.30. The molecule has 138 valence electrons. The average Bonchev–Trinajstić information content (AvgIpc) is 2.71. The number of aryl methyl sites for hydroxylation is 1. The van der Waals surface area contributed by atoms with E-state index in [1.807, 2.05) is 54.6 Å². The predicted molar refractivity (Wildman–Crippen MR) is 106 cm³/mol. The maximum absolute atomic E-state index is 12.8. The second-order valence-corrected chi connectivity index (χ2v) is 6.05. The third kappa shape index (κ3) is 4.41. The first-order valence-corrected chi connectivity index (χ1v) is 8.63. The van der Waals surface area contributed by atoms with Crippen LogP contribution in [0, 0.1) is 6.92 Å². The molecular formula is C21H22N4O2. The Hall–Kier alpha value is -3.41. The molecule has 0 radical (unpaired) electrons. The molecule has 0 aliphatic heterocycles. The Kier molecular flexibility index (Phi) is 5.66. The number of amides is 1. The van der Waals surface area contributed by atoms with Gasteiger partial charge in [-0.3, -0.25) is 4.79 Å². The highest BCUT2D eigenvalue weighted by Crippen LogP contribution is 2.19. The Morgan fingerprint density at radius 1 is 1.07 bits per heavy atom. The normalized spacial score (nSPS) is 10.3. The summed E-state index contributed by atoms with van der Waals surface area (Å²) in [4.78, 5) is 23.1. The molecule has 0 aliphatic rings. The summed E-state index contributed by atoms with van der Waals surface area (Å²) in [6.07, 6.45) is 0. The lowest BCUT2D eigenvalue weighted by atomic mass is 10.2. The van der Waals surface area contributed by atoms with Crippen molar-refractivity contribution in [1.82, 2.24) is 9.97 Å². The molecule has 0 unspecified atom stereocenters. The Morgan fingerprint density at radius 2 is 1.78 bits per heavy atom. The number of benzene rings is 2. The van der Waals surface area contributed by atoms with Gasteiger partial charge in [0, 0.05) is 30.9 Å². The molecule has 0 aliphatic carbocycles. The summed E-state index contributed by atoms with van der Waals surface area (Å²) in [5.74, 6) is 1.74. The van der Waals surface area contributed by atoms with Gasteiger partial charge in [0.05, 0.1) is 7.11 Å². The van der Waals surface area contributed by atoms with Crippen LogP contribution in [0.15, 0.2) is 60.7 Å². The van der Waals surface area contributed by atoms with Crippen molar-refractivity contribution in [2.24, 2.45) is 0 Å². The van der Waals surface area contributed by atoms with Crippen molar-refractivity contribution >= 4 is 17.4 Å². The van der Waals surface area contributed by atoms with E-state index in [4.69, 9.17) is 4.74 Å². The molecule has 0 spiro atoms. The number of carbonyl (C=O) groups excluding carboxylic acids is 1. The highest BCUT2D eigenvalue weighted by molar-refractivity contribution is 6.04. The smallest absolute Gasteiger partial charge is 0.276 e. The molecule has 3 aromatic rings. The zero-order valence-electron chi connectivity index (χ0n) is 15.6. The molecule has 0 atom stereocenters. The maximum Gasteiger partial charge on any atom is 0.276 e. The standard InChI is InChI=1S/C21H22N4O2/c1-15-23-18(21(26)25(2)17-10-5-4-6-11-17)13-20(24-15)22-14-16-9-7-8-12-19(16)27-3/h4-13H,14H2,1-3H3,(H,22,23,24). The second-order valence-electron chi connectivity index (χ2n) is 6.05. The van der Waals surface area contributed by atoms with Crippen molar-refractivity contribution in [3.05, 3.63) is 77.7 Å². The lowest BCUT2D eigenvalue weighted by Gasteiger charge is -2.17. The summed E-state index contributed by atoms with van der Waals surface area (Å²) in [5, 5.41) is 3.25. The number of ether oxygens (including phenoxy) is 1. The summed E-state index contributed by atoms with van der Waals surface area (Å²) in [7, 11) is 3.38. The fourth-order valence-electron chi connectivity index (χ4n) is 2.74. The minimum Gasteiger partial charge on any atom is -0.496 e. The number of hydrogen-bond donors (Lipinski definition) is 1. The van der Waals surface area contributed by atoms with Crippen LogP contribution in [-0.2, 0) is 6.54 Å². The van der Waals surface area contributed by atoms with Crippen molar-refractivity contribution in [1.29, 1.82) is 0 Å². The first-order chi connectivity index (χ1) is 13.1. The Morgan fingerprint density at radius 3 is 2.52 bits per heavy atom. The lowest BCUT2D eigenvalue weighted by Crippen LogP contribution is -2.27. The van der Waals surface area contributed by atoms with Gasteiger partial charge in [0.2, 0.25) is 0 Å². The topological polar surface area (TPSA) is 67.3 Å². The molecule has 1 heterocycles. The number of para-hydroxylation sites is 2. The van der Waals surface area contributed by atoms with Gasteiger partial charge in [0.25, 0.3) is 5.91 Å². The van der Waals surface area contributed by atoms with Crippen molar-refractivity contribution < 1.29 is 9.53 Å².